The Morgan fingerprint density at radius 1 is 1.55 bits per heavy atom. The number of nitrogens with zero attached hydrogens (tertiary/aromatic N) is 3. The van der Waals surface area contributed by atoms with Crippen molar-refractivity contribution in [3.05, 3.63) is 29.5 Å². The van der Waals surface area contributed by atoms with E-state index in [0.717, 1.165) is 6.07 Å². The molecule has 0 spiro atoms. The standard InChI is InChI=1S/C10H12N4O5S/c1-6-3-8(19-9(6)10(15)16)20(17,18)12-4-7-13-11-5-14(7)2/h3,5,12H,4H2,1-2H3,(H,15,16). The first-order chi connectivity index (χ1) is 9.31. The highest BCUT2D eigenvalue weighted by molar-refractivity contribution is 7.89. The predicted molar refractivity (Wildman–Crippen MR) is 65.4 cm³/mol. The van der Waals surface area contributed by atoms with Gasteiger partial charge in [0, 0.05) is 18.7 Å². The van der Waals surface area contributed by atoms with Crippen LogP contribution in [0.5, 0.6) is 0 Å². The van der Waals surface area contributed by atoms with Gasteiger partial charge in [-0.1, -0.05) is 0 Å². The van der Waals surface area contributed by atoms with Crippen molar-refractivity contribution in [1.82, 2.24) is 19.5 Å². The molecule has 0 saturated carbocycles. The first kappa shape index (κ1) is 14.2. The molecule has 0 aliphatic rings. The van der Waals surface area contributed by atoms with Gasteiger partial charge in [0.15, 0.2) is 0 Å². The number of aromatic nitrogens is 3. The van der Waals surface area contributed by atoms with Crippen molar-refractivity contribution in [2.75, 3.05) is 0 Å². The van der Waals surface area contributed by atoms with Gasteiger partial charge in [-0.15, -0.1) is 10.2 Å². The van der Waals surface area contributed by atoms with Gasteiger partial charge in [0.25, 0.3) is 10.0 Å². The first-order valence-electron chi connectivity index (χ1n) is 5.47. The molecule has 0 aliphatic carbocycles. The lowest BCUT2D eigenvalue weighted by molar-refractivity contribution is 0.0655. The molecule has 2 rings (SSSR count). The summed E-state index contributed by atoms with van der Waals surface area (Å²) in [6, 6.07) is 1.16. The van der Waals surface area contributed by atoms with Crippen molar-refractivity contribution in [3.63, 3.8) is 0 Å². The van der Waals surface area contributed by atoms with Crippen LogP contribution in [-0.4, -0.2) is 34.3 Å². The number of sulfonamides is 1. The Hall–Kier alpha value is -2.20. The fourth-order valence-electron chi connectivity index (χ4n) is 1.50. The maximum Gasteiger partial charge on any atom is 0.372 e. The van der Waals surface area contributed by atoms with Crippen molar-refractivity contribution in [2.24, 2.45) is 7.05 Å². The highest BCUT2D eigenvalue weighted by atomic mass is 32.2. The van der Waals surface area contributed by atoms with Gasteiger partial charge >= 0.3 is 5.97 Å². The van der Waals surface area contributed by atoms with Gasteiger partial charge in [-0.25, -0.2) is 17.9 Å². The molecule has 0 fully saturated rings. The van der Waals surface area contributed by atoms with E-state index in [9.17, 15) is 13.2 Å². The Kier molecular flexibility index (Phi) is 3.59. The van der Waals surface area contributed by atoms with Gasteiger partial charge in [-0.05, 0) is 6.92 Å². The predicted octanol–water partition coefficient (Wildman–Crippen LogP) is -0.107. The minimum absolute atomic E-state index is 0.0824. The average Bonchev–Trinajstić information content (AvgIpc) is 2.93. The molecule has 108 valence electrons. The fourth-order valence-corrected chi connectivity index (χ4v) is 2.48. The second-order valence-corrected chi connectivity index (χ2v) is 5.76. The van der Waals surface area contributed by atoms with Crippen molar-refractivity contribution in [1.29, 1.82) is 0 Å². The van der Waals surface area contributed by atoms with Crippen LogP contribution in [0.15, 0.2) is 21.9 Å². The molecule has 10 heteroatoms. The van der Waals surface area contributed by atoms with Crippen molar-refractivity contribution >= 4 is 16.0 Å². The molecule has 2 heterocycles. The molecule has 0 amide bonds. The topological polar surface area (TPSA) is 127 Å². The van der Waals surface area contributed by atoms with E-state index in [2.05, 4.69) is 14.9 Å². The van der Waals surface area contributed by atoms with Crippen molar-refractivity contribution < 1.29 is 22.7 Å². The number of aromatic carboxylic acids is 1. The quantitative estimate of drug-likeness (QED) is 0.788. The van der Waals surface area contributed by atoms with E-state index in [-0.39, 0.29) is 12.1 Å². The van der Waals surface area contributed by atoms with Gasteiger partial charge in [0.1, 0.15) is 12.2 Å². The van der Waals surface area contributed by atoms with E-state index >= 15 is 0 Å². The number of carboxylic acids is 1. The lowest BCUT2D eigenvalue weighted by Crippen LogP contribution is -2.24. The maximum absolute atomic E-state index is 12.0. The third-order valence-corrected chi connectivity index (χ3v) is 3.83. The number of carbonyl (C=O) groups is 1. The van der Waals surface area contributed by atoms with Crippen LogP contribution in [0.25, 0.3) is 0 Å². The van der Waals surface area contributed by atoms with E-state index < -0.39 is 26.8 Å². The van der Waals surface area contributed by atoms with Crippen LogP contribution in [-0.2, 0) is 23.6 Å². The molecule has 9 nitrogen and oxygen atoms in total. The minimum atomic E-state index is -3.95. The summed E-state index contributed by atoms with van der Waals surface area (Å²) in [5.74, 6) is -1.31. The monoisotopic (exact) mass is 300 g/mol. The number of hydrogen-bond acceptors (Lipinski definition) is 6. The zero-order chi connectivity index (χ0) is 14.9. The van der Waals surface area contributed by atoms with Crippen molar-refractivity contribution in [3.8, 4) is 0 Å². The molecule has 2 aromatic rings. The Morgan fingerprint density at radius 3 is 2.75 bits per heavy atom. The molecule has 0 atom stereocenters. The van der Waals surface area contributed by atoms with Gasteiger partial charge in [0.05, 0.1) is 6.54 Å². The van der Waals surface area contributed by atoms with Gasteiger partial charge in [0.2, 0.25) is 10.9 Å². The molecular formula is C10H12N4O5S. The normalized spacial score (nSPS) is 11.7. The van der Waals surface area contributed by atoms with E-state index in [1.807, 2.05) is 0 Å². The molecule has 0 aliphatic heterocycles. The van der Waals surface area contributed by atoms with Gasteiger partial charge in [-0.2, -0.15) is 0 Å². The van der Waals surface area contributed by atoms with Crippen LogP contribution in [0.1, 0.15) is 21.9 Å². The Balaban J connectivity index is 2.20. The van der Waals surface area contributed by atoms with E-state index in [4.69, 9.17) is 9.52 Å². The summed E-state index contributed by atoms with van der Waals surface area (Å²) in [5, 5.41) is 15.7. The van der Waals surface area contributed by atoms with E-state index in [1.54, 1.807) is 11.6 Å². The number of aryl methyl sites for hydroxylation is 2. The summed E-state index contributed by atoms with van der Waals surface area (Å²) in [7, 11) is -2.28. The average molecular weight is 300 g/mol. The largest absolute Gasteiger partial charge is 0.475 e. The SMILES string of the molecule is Cc1cc(S(=O)(=O)NCc2nncn2C)oc1C(=O)O. The maximum atomic E-state index is 12.0. The first-order valence-corrected chi connectivity index (χ1v) is 6.96. The zero-order valence-corrected chi connectivity index (χ0v) is 11.5. The van der Waals surface area contributed by atoms with Gasteiger partial charge in [-0.3, -0.25) is 0 Å². The fraction of sp³-hybridized carbons (Fsp3) is 0.300. The Bertz CT molecular complexity index is 746. The van der Waals surface area contributed by atoms with Crippen LogP contribution >= 0.6 is 0 Å². The highest BCUT2D eigenvalue weighted by Gasteiger charge is 2.23. The highest BCUT2D eigenvalue weighted by Crippen LogP contribution is 2.19. The molecule has 20 heavy (non-hydrogen) atoms. The van der Waals surface area contributed by atoms with E-state index in [0.29, 0.717) is 5.82 Å². The molecular weight excluding hydrogens is 288 g/mol. The number of carboxylic acid groups (broad SMARTS) is 1. The number of nitrogens with one attached hydrogen (secondary N) is 1. The Morgan fingerprint density at radius 2 is 2.25 bits per heavy atom. The van der Waals surface area contributed by atoms with Crippen LogP contribution < -0.4 is 4.72 Å². The lowest BCUT2D eigenvalue weighted by Gasteiger charge is -2.03. The molecule has 0 aromatic carbocycles. The number of furan rings is 1. The summed E-state index contributed by atoms with van der Waals surface area (Å²) < 4.78 is 32.6. The van der Waals surface area contributed by atoms with E-state index in [1.165, 1.54) is 13.3 Å². The van der Waals surface area contributed by atoms with Crippen LogP contribution in [0.4, 0.5) is 0 Å². The zero-order valence-electron chi connectivity index (χ0n) is 10.7. The van der Waals surface area contributed by atoms with Gasteiger partial charge < -0.3 is 14.1 Å². The second kappa shape index (κ2) is 5.06. The third kappa shape index (κ3) is 2.70. The van der Waals surface area contributed by atoms with Crippen LogP contribution in [0.2, 0.25) is 0 Å². The molecule has 0 saturated heterocycles. The Labute approximate surface area is 114 Å². The lowest BCUT2D eigenvalue weighted by atomic mass is 10.3. The summed E-state index contributed by atoms with van der Waals surface area (Å²) in [4.78, 5) is 10.8. The molecule has 2 aromatic heterocycles. The third-order valence-electron chi connectivity index (χ3n) is 2.58. The van der Waals surface area contributed by atoms with Crippen LogP contribution in [0, 0.1) is 6.92 Å². The number of hydrogen-bond donors (Lipinski definition) is 2. The summed E-state index contributed by atoms with van der Waals surface area (Å²) in [5.41, 5.74) is 0.233. The summed E-state index contributed by atoms with van der Waals surface area (Å²) >= 11 is 0. The molecule has 2 N–H and O–H groups in total. The van der Waals surface area contributed by atoms with Crippen LogP contribution in [0.3, 0.4) is 0 Å². The molecule has 0 radical (unpaired) electrons. The number of rotatable bonds is 5. The summed E-state index contributed by atoms with van der Waals surface area (Å²) in [6.45, 7) is 1.37. The smallest absolute Gasteiger partial charge is 0.372 e. The summed E-state index contributed by atoms with van der Waals surface area (Å²) in [6.07, 6.45) is 1.43. The minimum Gasteiger partial charge on any atom is -0.475 e. The molecule has 0 unspecified atom stereocenters. The second-order valence-electron chi connectivity index (χ2n) is 4.07. The van der Waals surface area contributed by atoms with Crippen molar-refractivity contribution in [2.45, 2.75) is 18.6 Å². The molecule has 0 bridgehead atoms.